The molecule has 1 N–H and O–H groups in total. The Morgan fingerprint density at radius 1 is 1.11 bits per heavy atom. The number of alkyl halides is 1. The number of thiophene rings is 1. The highest BCUT2D eigenvalue weighted by Gasteiger charge is 2.29. The lowest BCUT2D eigenvalue weighted by Crippen LogP contribution is -2.37. The second-order valence-electron chi connectivity index (χ2n) is 7.89. The lowest BCUT2D eigenvalue weighted by atomic mass is 10.0. The summed E-state index contributed by atoms with van der Waals surface area (Å²) in [6, 6.07) is 13.9. The molecule has 0 radical (unpaired) electrons. The molecule has 3 aromatic rings. The highest BCUT2D eigenvalue weighted by atomic mass is 32.1. The molecular formula is C22H26FN3S. The van der Waals surface area contributed by atoms with E-state index in [9.17, 15) is 4.39 Å². The van der Waals surface area contributed by atoms with Gasteiger partial charge in [-0.25, -0.2) is 4.39 Å². The molecule has 1 aromatic heterocycles. The zero-order valence-electron chi connectivity index (χ0n) is 15.7. The zero-order chi connectivity index (χ0) is 18.4. The number of nitrogens with zero attached hydrogens (tertiary/aromatic N) is 2. The topological polar surface area (TPSA) is 18.5 Å². The lowest BCUT2D eigenvalue weighted by Gasteiger charge is -2.33. The molecule has 1 atom stereocenters. The Hall–Kier alpha value is -1.85. The van der Waals surface area contributed by atoms with E-state index in [1.807, 2.05) is 11.3 Å². The van der Waals surface area contributed by atoms with Crippen LogP contribution in [0, 0.1) is 0 Å². The van der Waals surface area contributed by atoms with Gasteiger partial charge in [0.1, 0.15) is 6.17 Å². The fourth-order valence-corrected chi connectivity index (χ4v) is 5.81. The first-order chi connectivity index (χ1) is 13.2. The highest BCUT2D eigenvalue weighted by Crippen LogP contribution is 2.40. The van der Waals surface area contributed by atoms with Gasteiger partial charge in [0.2, 0.25) is 0 Å². The van der Waals surface area contributed by atoms with Gasteiger partial charge in [0.15, 0.2) is 0 Å². The molecule has 4 heterocycles. The number of halogens is 1. The molecule has 0 amide bonds. The summed E-state index contributed by atoms with van der Waals surface area (Å²) >= 11 is 1.82. The van der Waals surface area contributed by atoms with Gasteiger partial charge in [0, 0.05) is 59.9 Å². The Labute approximate surface area is 163 Å². The number of benzene rings is 2. The van der Waals surface area contributed by atoms with Crippen molar-refractivity contribution in [3.63, 3.8) is 0 Å². The molecule has 3 nitrogen and oxygen atoms in total. The molecule has 0 saturated carbocycles. The fraction of sp³-hybridized carbons (Fsp3) is 0.455. The van der Waals surface area contributed by atoms with Crippen LogP contribution in [0.1, 0.15) is 19.8 Å². The molecule has 3 fully saturated rings. The van der Waals surface area contributed by atoms with Crippen LogP contribution in [0.2, 0.25) is 0 Å². The first-order valence-corrected chi connectivity index (χ1v) is 10.8. The molecule has 3 aliphatic rings. The molecule has 142 valence electrons. The summed E-state index contributed by atoms with van der Waals surface area (Å²) in [6.07, 6.45) is 1.70. The number of nitrogens with one attached hydrogen (secondary N) is 1. The second kappa shape index (κ2) is 6.95. The number of hydrogen-bond donors (Lipinski definition) is 1. The van der Waals surface area contributed by atoms with E-state index in [4.69, 9.17) is 0 Å². The van der Waals surface area contributed by atoms with Crippen molar-refractivity contribution in [2.24, 2.45) is 0 Å². The van der Waals surface area contributed by atoms with Crippen molar-refractivity contribution in [2.75, 3.05) is 42.9 Å². The summed E-state index contributed by atoms with van der Waals surface area (Å²) in [7, 11) is 0. The number of piperidine rings is 1. The fourth-order valence-electron chi connectivity index (χ4n) is 4.58. The Morgan fingerprint density at radius 3 is 2.78 bits per heavy atom. The van der Waals surface area contributed by atoms with Gasteiger partial charge in [-0.15, -0.1) is 11.3 Å². The predicted molar refractivity (Wildman–Crippen MR) is 115 cm³/mol. The van der Waals surface area contributed by atoms with E-state index in [2.05, 4.69) is 51.5 Å². The summed E-state index contributed by atoms with van der Waals surface area (Å²) in [5, 5.41) is 5.84. The minimum atomic E-state index is -0.852. The third kappa shape index (κ3) is 3.17. The normalized spacial score (nSPS) is 23.7. The quantitative estimate of drug-likeness (QED) is 0.675. The SMILES string of the molecule is CC(F)CNc1cccc2c1sc1cc(N3CCN4CCC3CC4)ccc12. The van der Waals surface area contributed by atoms with E-state index >= 15 is 0 Å². The monoisotopic (exact) mass is 383 g/mol. The van der Waals surface area contributed by atoms with E-state index in [-0.39, 0.29) is 0 Å². The van der Waals surface area contributed by atoms with E-state index in [1.54, 1.807) is 6.92 Å². The Balaban J connectivity index is 1.53. The summed E-state index contributed by atoms with van der Waals surface area (Å²) in [5.41, 5.74) is 2.40. The van der Waals surface area contributed by atoms with Crippen molar-refractivity contribution in [2.45, 2.75) is 32.0 Å². The van der Waals surface area contributed by atoms with Gasteiger partial charge < -0.3 is 15.1 Å². The third-order valence-corrected chi connectivity index (χ3v) is 7.24. The lowest BCUT2D eigenvalue weighted by molar-refractivity contribution is 0.250. The molecule has 27 heavy (non-hydrogen) atoms. The highest BCUT2D eigenvalue weighted by molar-refractivity contribution is 7.26. The van der Waals surface area contributed by atoms with Crippen molar-refractivity contribution in [1.29, 1.82) is 0 Å². The van der Waals surface area contributed by atoms with Crippen LogP contribution in [-0.2, 0) is 0 Å². The van der Waals surface area contributed by atoms with Crippen LogP contribution in [0.4, 0.5) is 15.8 Å². The van der Waals surface area contributed by atoms with Crippen LogP contribution in [0.3, 0.4) is 0 Å². The molecule has 2 aromatic carbocycles. The second-order valence-corrected chi connectivity index (χ2v) is 8.94. The Kier molecular flexibility index (Phi) is 4.44. The predicted octanol–water partition coefficient (Wildman–Crippen LogP) is 5.11. The van der Waals surface area contributed by atoms with Crippen LogP contribution in [0.25, 0.3) is 20.2 Å². The Morgan fingerprint density at radius 2 is 1.96 bits per heavy atom. The standard InChI is InChI=1S/C22H26FN3S/c1-15(23)14-24-20-4-2-3-19-18-6-5-17(13-21(18)27-22(19)20)26-12-11-25-9-7-16(26)8-10-25/h2-6,13,15-16,24H,7-12,14H2,1H3. The maximum Gasteiger partial charge on any atom is 0.114 e. The molecule has 3 aliphatic heterocycles. The first-order valence-electron chi connectivity index (χ1n) is 10.0. The van der Waals surface area contributed by atoms with Gasteiger partial charge in [-0.05, 0) is 38.0 Å². The average Bonchev–Trinajstić information content (AvgIpc) is 2.81. The molecule has 0 aliphatic carbocycles. The molecule has 0 spiro atoms. The van der Waals surface area contributed by atoms with Crippen molar-refractivity contribution in [3.05, 3.63) is 36.4 Å². The largest absolute Gasteiger partial charge is 0.381 e. The molecule has 1 unspecified atom stereocenters. The molecule has 6 rings (SSSR count). The van der Waals surface area contributed by atoms with Crippen LogP contribution in [-0.4, -0.2) is 49.8 Å². The number of fused-ring (bicyclic) bond motifs is 7. The van der Waals surface area contributed by atoms with Crippen LogP contribution in [0.15, 0.2) is 36.4 Å². The molecular weight excluding hydrogens is 357 g/mol. The minimum Gasteiger partial charge on any atom is -0.381 e. The van der Waals surface area contributed by atoms with Gasteiger partial charge >= 0.3 is 0 Å². The molecule has 5 heteroatoms. The average molecular weight is 384 g/mol. The van der Waals surface area contributed by atoms with Crippen LogP contribution < -0.4 is 10.2 Å². The Bertz CT molecular complexity index is 959. The van der Waals surface area contributed by atoms with Gasteiger partial charge in [0.25, 0.3) is 0 Å². The zero-order valence-corrected chi connectivity index (χ0v) is 16.6. The van der Waals surface area contributed by atoms with Crippen molar-refractivity contribution >= 4 is 42.9 Å². The van der Waals surface area contributed by atoms with Gasteiger partial charge in [-0.3, -0.25) is 0 Å². The summed E-state index contributed by atoms with van der Waals surface area (Å²) in [5.74, 6) is 0. The maximum atomic E-state index is 13.3. The van der Waals surface area contributed by atoms with Crippen LogP contribution >= 0.6 is 11.3 Å². The third-order valence-electron chi connectivity index (χ3n) is 6.04. The maximum absolute atomic E-state index is 13.3. The van der Waals surface area contributed by atoms with E-state index in [0.29, 0.717) is 12.6 Å². The smallest absolute Gasteiger partial charge is 0.114 e. The number of rotatable bonds is 4. The van der Waals surface area contributed by atoms with E-state index in [1.165, 1.54) is 58.3 Å². The van der Waals surface area contributed by atoms with Crippen LogP contribution in [0.5, 0.6) is 0 Å². The van der Waals surface area contributed by atoms with Crippen molar-refractivity contribution in [3.8, 4) is 0 Å². The van der Waals surface area contributed by atoms with Gasteiger partial charge in [0.05, 0.1) is 10.4 Å². The molecule has 3 saturated heterocycles. The first kappa shape index (κ1) is 17.3. The number of anilines is 2. The molecule has 2 bridgehead atoms. The van der Waals surface area contributed by atoms with Gasteiger partial charge in [-0.1, -0.05) is 18.2 Å². The summed E-state index contributed by atoms with van der Waals surface area (Å²) < 4.78 is 15.8. The minimum absolute atomic E-state index is 0.352. The van der Waals surface area contributed by atoms with Crippen molar-refractivity contribution < 1.29 is 4.39 Å². The summed E-state index contributed by atoms with van der Waals surface area (Å²) in [4.78, 5) is 5.22. The van der Waals surface area contributed by atoms with E-state index in [0.717, 1.165) is 12.2 Å². The van der Waals surface area contributed by atoms with Crippen molar-refractivity contribution in [1.82, 2.24) is 4.90 Å². The number of hydrogen-bond acceptors (Lipinski definition) is 4. The van der Waals surface area contributed by atoms with E-state index < -0.39 is 6.17 Å². The van der Waals surface area contributed by atoms with Gasteiger partial charge in [-0.2, -0.15) is 0 Å². The summed E-state index contributed by atoms with van der Waals surface area (Å²) in [6.45, 7) is 6.74.